The van der Waals surface area contributed by atoms with Gasteiger partial charge in [0.1, 0.15) is 0 Å². The molecule has 0 heterocycles. The number of anilines is 1. The van der Waals surface area contributed by atoms with Gasteiger partial charge in [-0.05, 0) is 22.0 Å². The van der Waals surface area contributed by atoms with Gasteiger partial charge in [0, 0.05) is 16.6 Å². The average molecular weight is 289 g/mol. The molecule has 0 aromatic heterocycles. The second kappa shape index (κ2) is 4.71. The summed E-state index contributed by atoms with van der Waals surface area (Å²) in [6.07, 6.45) is 0. The van der Waals surface area contributed by atoms with Crippen LogP contribution in [-0.2, 0) is 9.59 Å². The van der Waals surface area contributed by atoms with E-state index in [0.717, 1.165) is 12.1 Å². The van der Waals surface area contributed by atoms with Crippen LogP contribution in [0.4, 0.5) is 11.4 Å². The highest BCUT2D eigenvalue weighted by atomic mass is 79.9. The van der Waals surface area contributed by atoms with Gasteiger partial charge >= 0.3 is 11.9 Å². The minimum absolute atomic E-state index is 0.151. The topological polar surface area (TPSA) is 110 Å². The molecule has 16 heavy (non-hydrogen) atoms. The van der Waals surface area contributed by atoms with Crippen LogP contribution in [0.3, 0.4) is 0 Å². The van der Waals surface area contributed by atoms with Gasteiger partial charge in [-0.15, -0.1) is 0 Å². The summed E-state index contributed by atoms with van der Waals surface area (Å²) in [6.45, 7) is 0. The van der Waals surface area contributed by atoms with Crippen molar-refractivity contribution in [1.29, 1.82) is 0 Å². The van der Waals surface area contributed by atoms with Crippen LogP contribution >= 0.6 is 15.9 Å². The summed E-state index contributed by atoms with van der Waals surface area (Å²) in [4.78, 5) is 30.9. The van der Waals surface area contributed by atoms with Crippen molar-refractivity contribution in [3.63, 3.8) is 0 Å². The lowest BCUT2D eigenvalue weighted by atomic mass is 10.3. The Morgan fingerprint density at radius 3 is 2.50 bits per heavy atom. The largest absolute Gasteiger partial charge is 0.474 e. The zero-order chi connectivity index (χ0) is 12.3. The van der Waals surface area contributed by atoms with E-state index >= 15 is 0 Å². The molecular weight excluding hydrogens is 284 g/mol. The van der Waals surface area contributed by atoms with E-state index in [1.165, 1.54) is 6.07 Å². The highest BCUT2D eigenvalue weighted by Crippen LogP contribution is 2.26. The maximum absolute atomic E-state index is 10.8. The van der Waals surface area contributed by atoms with Crippen molar-refractivity contribution < 1.29 is 19.6 Å². The number of carboxylic acids is 1. The van der Waals surface area contributed by atoms with E-state index in [2.05, 4.69) is 21.2 Å². The molecule has 0 bridgehead atoms. The zero-order valence-corrected chi connectivity index (χ0v) is 9.22. The van der Waals surface area contributed by atoms with Crippen molar-refractivity contribution in [2.24, 2.45) is 0 Å². The smallest absolute Gasteiger partial charge is 0.394 e. The number of hydrogen-bond donors (Lipinski definition) is 2. The zero-order valence-electron chi connectivity index (χ0n) is 7.64. The van der Waals surface area contributed by atoms with E-state index in [-0.39, 0.29) is 15.8 Å². The summed E-state index contributed by atoms with van der Waals surface area (Å²) in [7, 11) is 0. The third-order valence-electron chi connectivity index (χ3n) is 1.61. The van der Waals surface area contributed by atoms with Gasteiger partial charge in [-0.1, -0.05) is 0 Å². The predicted molar refractivity (Wildman–Crippen MR) is 57.1 cm³/mol. The third-order valence-corrected chi connectivity index (χ3v) is 2.26. The molecule has 7 nitrogen and oxygen atoms in total. The highest BCUT2D eigenvalue weighted by Gasteiger charge is 2.15. The lowest BCUT2D eigenvalue weighted by Gasteiger charge is -2.04. The number of nitro groups is 1. The number of nitro benzene ring substituents is 1. The Balaban J connectivity index is 2.96. The molecule has 0 spiro atoms. The van der Waals surface area contributed by atoms with Gasteiger partial charge in [-0.3, -0.25) is 14.9 Å². The van der Waals surface area contributed by atoms with Crippen LogP contribution in [0.1, 0.15) is 0 Å². The van der Waals surface area contributed by atoms with Gasteiger partial charge in [0.05, 0.1) is 10.6 Å². The van der Waals surface area contributed by atoms with Gasteiger partial charge in [-0.25, -0.2) is 4.79 Å². The molecule has 84 valence electrons. The van der Waals surface area contributed by atoms with E-state index in [1.54, 1.807) is 0 Å². The SMILES string of the molecule is O=C(O)C(=O)Nc1ccc([N+](=O)[O-])cc1Br. The average Bonchev–Trinajstić information content (AvgIpc) is 2.20. The Morgan fingerprint density at radius 1 is 1.44 bits per heavy atom. The molecule has 0 unspecified atom stereocenters. The predicted octanol–water partition coefficient (Wildman–Crippen LogP) is 1.38. The summed E-state index contributed by atoms with van der Waals surface area (Å²) >= 11 is 2.98. The quantitative estimate of drug-likeness (QED) is 0.485. The van der Waals surface area contributed by atoms with Crippen LogP contribution in [0, 0.1) is 10.1 Å². The maximum Gasteiger partial charge on any atom is 0.394 e. The lowest BCUT2D eigenvalue weighted by Crippen LogP contribution is -2.21. The van der Waals surface area contributed by atoms with Crippen LogP contribution < -0.4 is 5.32 Å². The molecule has 8 heteroatoms. The van der Waals surface area contributed by atoms with Crippen LogP contribution in [-0.4, -0.2) is 21.9 Å². The molecule has 2 N–H and O–H groups in total. The Hall–Kier alpha value is -1.96. The van der Waals surface area contributed by atoms with Gasteiger partial charge in [0.2, 0.25) is 0 Å². The Morgan fingerprint density at radius 2 is 2.06 bits per heavy atom. The van der Waals surface area contributed by atoms with E-state index in [9.17, 15) is 19.7 Å². The molecule has 0 aliphatic carbocycles. The summed E-state index contributed by atoms with van der Waals surface area (Å²) in [5.74, 6) is -2.85. The Bertz CT molecular complexity index is 473. The number of carbonyl (C=O) groups is 2. The first-order valence-electron chi connectivity index (χ1n) is 3.90. The number of hydrogen-bond acceptors (Lipinski definition) is 4. The summed E-state index contributed by atoms with van der Waals surface area (Å²) in [6, 6.07) is 3.56. The standard InChI is InChI=1S/C8H5BrN2O5/c9-5-3-4(11(15)16)1-2-6(5)10-7(12)8(13)14/h1-3H,(H,10,12)(H,13,14). The molecule has 0 fully saturated rings. The molecule has 1 rings (SSSR count). The second-order valence-electron chi connectivity index (χ2n) is 2.68. The van der Waals surface area contributed by atoms with Crippen molar-refractivity contribution in [2.45, 2.75) is 0 Å². The fraction of sp³-hybridized carbons (Fsp3) is 0. The number of carbonyl (C=O) groups excluding carboxylic acids is 1. The summed E-state index contributed by atoms with van der Waals surface area (Å²) in [5.41, 5.74) is -0.0156. The molecule has 0 atom stereocenters. The van der Waals surface area contributed by atoms with Crippen molar-refractivity contribution >= 4 is 39.2 Å². The van der Waals surface area contributed by atoms with E-state index in [0.29, 0.717) is 0 Å². The van der Waals surface area contributed by atoms with Crippen molar-refractivity contribution in [3.8, 4) is 0 Å². The molecule has 0 saturated carbocycles. The van der Waals surface area contributed by atoms with Crippen LogP contribution in [0.5, 0.6) is 0 Å². The van der Waals surface area contributed by atoms with Gasteiger partial charge < -0.3 is 10.4 Å². The van der Waals surface area contributed by atoms with Crippen molar-refractivity contribution in [3.05, 3.63) is 32.8 Å². The van der Waals surface area contributed by atoms with Crippen LogP contribution in [0.15, 0.2) is 22.7 Å². The second-order valence-corrected chi connectivity index (χ2v) is 3.53. The fourth-order valence-corrected chi connectivity index (χ4v) is 1.36. The number of benzene rings is 1. The Labute approximate surface area is 97.3 Å². The first-order valence-corrected chi connectivity index (χ1v) is 4.69. The summed E-state index contributed by atoms with van der Waals surface area (Å²) in [5, 5.41) is 20.8. The van der Waals surface area contributed by atoms with E-state index in [1.807, 2.05) is 0 Å². The lowest BCUT2D eigenvalue weighted by molar-refractivity contribution is -0.384. The fourth-order valence-electron chi connectivity index (χ4n) is 0.895. The molecule has 0 aliphatic rings. The summed E-state index contributed by atoms with van der Waals surface area (Å²) < 4.78 is 0.233. The molecule has 0 radical (unpaired) electrons. The number of rotatable bonds is 2. The molecule has 1 aromatic carbocycles. The minimum atomic E-state index is -1.63. The van der Waals surface area contributed by atoms with Crippen molar-refractivity contribution in [2.75, 3.05) is 5.32 Å². The van der Waals surface area contributed by atoms with Crippen LogP contribution in [0.2, 0.25) is 0 Å². The number of carboxylic acid groups (broad SMARTS) is 1. The Kier molecular flexibility index (Phi) is 3.56. The normalized spacial score (nSPS) is 9.56. The van der Waals surface area contributed by atoms with Gasteiger partial charge in [0.15, 0.2) is 0 Å². The van der Waals surface area contributed by atoms with Crippen molar-refractivity contribution in [1.82, 2.24) is 0 Å². The maximum atomic E-state index is 10.8. The highest BCUT2D eigenvalue weighted by molar-refractivity contribution is 9.10. The number of halogens is 1. The van der Waals surface area contributed by atoms with Crippen LogP contribution in [0.25, 0.3) is 0 Å². The number of nitrogens with one attached hydrogen (secondary N) is 1. The number of nitrogens with zero attached hydrogens (tertiary/aromatic N) is 1. The third kappa shape index (κ3) is 2.76. The van der Waals surface area contributed by atoms with E-state index < -0.39 is 16.8 Å². The molecule has 1 aromatic rings. The minimum Gasteiger partial charge on any atom is -0.474 e. The first kappa shape index (κ1) is 12.1. The van der Waals surface area contributed by atoms with Gasteiger partial charge in [-0.2, -0.15) is 0 Å². The molecule has 0 aliphatic heterocycles. The number of amides is 1. The first-order chi connectivity index (χ1) is 7.41. The van der Waals surface area contributed by atoms with E-state index in [4.69, 9.17) is 5.11 Å². The number of aliphatic carboxylic acids is 1. The molecule has 0 saturated heterocycles. The number of non-ortho nitro benzene ring substituents is 1. The molecular formula is C8H5BrN2O5. The van der Waals surface area contributed by atoms with Gasteiger partial charge in [0.25, 0.3) is 5.69 Å². The monoisotopic (exact) mass is 288 g/mol. The molecule has 1 amide bonds.